The molecule has 0 aromatic heterocycles. The van der Waals surface area contributed by atoms with Crippen molar-refractivity contribution in [1.82, 2.24) is 0 Å². The highest BCUT2D eigenvalue weighted by atomic mass is 16.5. The fourth-order valence-corrected chi connectivity index (χ4v) is 1.63. The molecule has 0 atom stereocenters. The lowest BCUT2D eigenvalue weighted by Crippen LogP contribution is -2.14. The number of nitrogens with zero attached hydrogens (tertiary/aromatic N) is 1. The van der Waals surface area contributed by atoms with Gasteiger partial charge in [-0.15, -0.1) is 0 Å². The van der Waals surface area contributed by atoms with Gasteiger partial charge in [-0.2, -0.15) is 0 Å². The zero-order chi connectivity index (χ0) is 13.5. The largest absolute Gasteiger partial charge is 0.404 e. The van der Waals surface area contributed by atoms with E-state index in [0.717, 1.165) is 5.56 Å². The Balaban J connectivity index is 2.19. The molecule has 0 spiro atoms. The first-order chi connectivity index (χ1) is 9.31. The van der Waals surface area contributed by atoms with Crippen LogP contribution in [0, 0.1) is 0 Å². The monoisotopic (exact) mass is 253 g/mol. The maximum absolute atomic E-state index is 12.0. The second-order valence-corrected chi connectivity index (χ2v) is 3.90. The van der Waals surface area contributed by atoms with E-state index in [0.29, 0.717) is 18.0 Å². The Labute approximate surface area is 112 Å². The topological polar surface area (TPSA) is 38.7 Å². The third kappa shape index (κ3) is 3.52. The summed E-state index contributed by atoms with van der Waals surface area (Å²) in [7, 11) is 0. The van der Waals surface area contributed by atoms with E-state index in [-0.39, 0.29) is 0 Å². The first-order valence-corrected chi connectivity index (χ1v) is 6.18. The van der Waals surface area contributed by atoms with Gasteiger partial charge in [-0.25, -0.2) is 4.79 Å². The molecule has 2 rings (SSSR count). The minimum atomic E-state index is -0.392. The number of esters is 1. The minimum absolute atomic E-state index is 0.358. The van der Waals surface area contributed by atoms with Crippen molar-refractivity contribution in [3.8, 4) is 0 Å². The Morgan fingerprint density at radius 2 is 1.47 bits per heavy atom. The van der Waals surface area contributed by atoms with Gasteiger partial charge in [-0.05, 0) is 31.2 Å². The van der Waals surface area contributed by atoms with Crippen LogP contribution < -0.4 is 0 Å². The maximum Gasteiger partial charge on any atom is 0.344 e. The fourth-order valence-electron chi connectivity index (χ4n) is 1.63. The lowest BCUT2D eigenvalue weighted by molar-refractivity contribution is 0.0717. The zero-order valence-electron chi connectivity index (χ0n) is 10.7. The first kappa shape index (κ1) is 13.0. The summed E-state index contributed by atoms with van der Waals surface area (Å²) in [6, 6.07) is 18.3. The van der Waals surface area contributed by atoms with Crippen molar-refractivity contribution in [2.45, 2.75) is 6.92 Å². The number of ether oxygens (including phenoxy) is 1. The number of hydrogen-bond donors (Lipinski definition) is 0. The number of carbonyl (C=O) groups is 1. The number of rotatable bonds is 3. The van der Waals surface area contributed by atoms with Crippen molar-refractivity contribution in [2.75, 3.05) is 6.54 Å². The number of hydrogen-bond acceptors (Lipinski definition) is 3. The number of carbonyl (C=O) groups excluding carboxylic acids is 1. The van der Waals surface area contributed by atoms with Gasteiger partial charge in [0.05, 0.1) is 5.56 Å². The molecule has 0 saturated heterocycles. The second kappa shape index (κ2) is 6.50. The Kier molecular flexibility index (Phi) is 4.45. The van der Waals surface area contributed by atoms with Crippen LogP contribution in [-0.2, 0) is 4.74 Å². The second-order valence-electron chi connectivity index (χ2n) is 3.90. The minimum Gasteiger partial charge on any atom is -0.404 e. The molecule has 0 N–H and O–H groups in total. The van der Waals surface area contributed by atoms with Crippen LogP contribution in [0.5, 0.6) is 0 Å². The van der Waals surface area contributed by atoms with Gasteiger partial charge >= 0.3 is 5.97 Å². The van der Waals surface area contributed by atoms with Crippen molar-refractivity contribution in [1.29, 1.82) is 0 Å². The number of benzene rings is 2. The fraction of sp³-hybridized carbons (Fsp3) is 0.125. The molecule has 0 radical (unpaired) electrons. The van der Waals surface area contributed by atoms with E-state index < -0.39 is 5.97 Å². The molecule has 0 saturated carbocycles. The van der Waals surface area contributed by atoms with Gasteiger partial charge in [0.25, 0.3) is 0 Å². The zero-order valence-corrected chi connectivity index (χ0v) is 10.7. The van der Waals surface area contributed by atoms with E-state index in [2.05, 4.69) is 4.99 Å². The normalized spacial score (nSPS) is 11.1. The molecule has 96 valence electrons. The predicted octanol–water partition coefficient (Wildman–Crippen LogP) is 3.31. The summed E-state index contributed by atoms with van der Waals surface area (Å²) >= 11 is 0. The van der Waals surface area contributed by atoms with Gasteiger partial charge < -0.3 is 4.74 Å². The summed E-state index contributed by atoms with van der Waals surface area (Å²) in [5, 5.41) is 0. The van der Waals surface area contributed by atoms with E-state index in [9.17, 15) is 4.79 Å². The lowest BCUT2D eigenvalue weighted by Gasteiger charge is -2.07. The molecular formula is C16H15NO2. The van der Waals surface area contributed by atoms with Crippen molar-refractivity contribution in [3.05, 3.63) is 71.8 Å². The Morgan fingerprint density at radius 3 is 2.00 bits per heavy atom. The van der Waals surface area contributed by atoms with Crippen LogP contribution in [-0.4, -0.2) is 18.4 Å². The summed E-state index contributed by atoms with van der Waals surface area (Å²) < 4.78 is 5.37. The molecule has 0 aliphatic rings. The highest BCUT2D eigenvalue weighted by Crippen LogP contribution is 2.07. The average molecular weight is 253 g/mol. The van der Waals surface area contributed by atoms with E-state index in [4.69, 9.17) is 4.74 Å². The van der Waals surface area contributed by atoms with Gasteiger partial charge in [0.15, 0.2) is 0 Å². The van der Waals surface area contributed by atoms with Gasteiger partial charge in [-0.1, -0.05) is 36.4 Å². The first-order valence-electron chi connectivity index (χ1n) is 6.18. The molecule has 3 heteroatoms. The highest BCUT2D eigenvalue weighted by Gasteiger charge is 2.12. The molecule has 0 unspecified atom stereocenters. The van der Waals surface area contributed by atoms with E-state index in [1.165, 1.54) is 0 Å². The standard InChI is InChI=1S/C16H15NO2/c1-2-17-15(13-9-5-3-6-10-13)19-16(18)14-11-7-4-8-12-14/h3-12H,2H2,1H3. The molecule has 2 aromatic rings. The van der Waals surface area contributed by atoms with Crippen LogP contribution in [0.2, 0.25) is 0 Å². The van der Waals surface area contributed by atoms with Gasteiger partial charge in [-0.3, -0.25) is 4.99 Å². The summed E-state index contributed by atoms with van der Waals surface area (Å²) in [5.41, 5.74) is 1.32. The Bertz CT molecular complexity index is 562. The molecule has 19 heavy (non-hydrogen) atoms. The van der Waals surface area contributed by atoms with Crippen LogP contribution in [0.25, 0.3) is 0 Å². The molecule has 3 nitrogen and oxygen atoms in total. The van der Waals surface area contributed by atoms with Crippen molar-refractivity contribution in [3.63, 3.8) is 0 Å². The highest BCUT2D eigenvalue weighted by molar-refractivity contribution is 6.05. The quantitative estimate of drug-likeness (QED) is 0.478. The SMILES string of the molecule is CCN=C(OC(=O)c1ccccc1)c1ccccc1. The average Bonchev–Trinajstić information content (AvgIpc) is 2.48. The lowest BCUT2D eigenvalue weighted by atomic mass is 10.2. The summed E-state index contributed by atoms with van der Waals surface area (Å²) in [5.74, 6) is -0.0337. The molecule has 0 amide bonds. The molecular weight excluding hydrogens is 238 g/mol. The third-order valence-corrected chi connectivity index (χ3v) is 2.52. The van der Waals surface area contributed by atoms with Crippen LogP contribution in [0.3, 0.4) is 0 Å². The smallest absolute Gasteiger partial charge is 0.344 e. The summed E-state index contributed by atoms with van der Waals surface area (Å²) in [6.07, 6.45) is 0. The predicted molar refractivity (Wildman–Crippen MR) is 75.4 cm³/mol. The third-order valence-electron chi connectivity index (χ3n) is 2.52. The van der Waals surface area contributed by atoms with Crippen molar-refractivity contribution < 1.29 is 9.53 Å². The van der Waals surface area contributed by atoms with E-state index in [1.54, 1.807) is 24.3 Å². The van der Waals surface area contributed by atoms with Crippen LogP contribution in [0.15, 0.2) is 65.7 Å². The molecule has 2 aromatic carbocycles. The van der Waals surface area contributed by atoms with Crippen LogP contribution in [0.1, 0.15) is 22.8 Å². The van der Waals surface area contributed by atoms with Gasteiger partial charge in [0, 0.05) is 12.1 Å². The van der Waals surface area contributed by atoms with Crippen LogP contribution >= 0.6 is 0 Å². The van der Waals surface area contributed by atoms with E-state index >= 15 is 0 Å². The Hall–Kier alpha value is -2.42. The van der Waals surface area contributed by atoms with Crippen LogP contribution in [0.4, 0.5) is 0 Å². The number of aliphatic imine (C=N–C) groups is 1. The summed E-state index contributed by atoms with van der Waals surface area (Å²) in [4.78, 5) is 16.2. The van der Waals surface area contributed by atoms with E-state index in [1.807, 2.05) is 43.3 Å². The maximum atomic E-state index is 12.0. The summed E-state index contributed by atoms with van der Waals surface area (Å²) in [6.45, 7) is 2.46. The van der Waals surface area contributed by atoms with Crippen molar-refractivity contribution >= 4 is 11.9 Å². The molecule has 0 bridgehead atoms. The van der Waals surface area contributed by atoms with Gasteiger partial charge in [0.2, 0.25) is 5.90 Å². The molecule has 0 aliphatic heterocycles. The van der Waals surface area contributed by atoms with Crippen molar-refractivity contribution in [2.24, 2.45) is 4.99 Å². The molecule has 0 aliphatic carbocycles. The van der Waals surface area contributed by atoms with Gasteiger partial charge in [0.1, 0.15) is 0 Å². The molecule has 0 fully saturated rings. The molecule has 0 heterocycles. The Morgan fingerprint density at radius 1 is 0.947 bits per heavy atom.